The first-order chi connectivity index (χ1) is 13.1. The van der Waals surface area contributed by atoms with Gasteiger partial charge < -0.3 is 9.84 Å². The number of thiazole rings is 1. The summed E-state index contributed by atoms with van der Waals surface area (Å²) in [6, 6.07) is 16.0. The highest BCUT2D eigenvalue weighted by molar-refractivity contribution is 7.11. The van der Waals surface area contributed by atoms with Crippen molar-refractivity contribution >= 4 is 29.2 Å². The van der Waals surface area contributed by atoms with E-state index in [1.807, 2.05) is 30.3 Å². The van der Waals surface area contributed by atoms with Gasteiger partial charge in [-0.1, -0.05) is 41.7 Å². The molecule has 3 rings (SSSR count). The molecule has 0 saturated carbocycles. The van der Waals surface area contributed by atoms with Crippen molar-refractivity contribution < 1.29 is 14.6 Å². The fourth-order valence-corrected chi connectivity index (χ4v) is 3.19. The third-order valence-electron chi connectivity index (χ3n) is 3.79. The highest BCUT2D eigenvalue weighted by Crippen LogP contribution is 2.21. The van der Waals surface area contributed by atoms with E-state index in [4.69, 9.17) is 4.74 Å². The summed E-state index contributed by atoms with van der Waals surface area (Å²) >= 11 is 0.928. The highest BCUT2D eigenvalue weighted by Gasteiger charge is 2.13. The van der Waals surface area contributed by atoms with Crippen molar-refractivity contribution in [2.75, 3.05) is 6.61 Å². The van der Waals surface area contributed by atoms with E-state index in [1.165, 1.54) is 10.8 Å². The third kappa shape index (κ3) is 4.51. The lowest BCUT2D eigenvalue weighted by Gasteiger charge is -2.03. The van der Waals surface area contributed by atoms with E-state index >= 15 is 0 Å². The zero-order valence-electron chi connectivity index (χ0n) is 14.7. The first-order valence-corrected chi connectivity index (χ1v) is 9.18. The minimum absolute atomic E-state index is 0.110. The average Bonchev–Trinajstić information content (AvgIpc) is 2.95. The monoisotopic (exact) mass is 382 g/mol. The molecule has 0 bridgehead atoms. The van der Waals surface area contributed by atoms with Gasteiger partial charge in [0.05, 0.1) is 30.6 Å². The Kier molecular flexibility index (Phi) is 5.83. The average molecular weight is 382 g/mol. The number of nitrogens with zero attached hydrogens (tertiary/aromatic N) is 2. The molecule has 3 aromatic rings. The van der Waals surface area contributed by atoms with E-state index in [9.17, 15) is 14.7 Å². The van der Waals surface area contributed by atoms with Gasteiger partial charge in [0.15, 0.2) is 0 Å². The molecule has 1 aromatic heterocycles. The number of carbonyl (C=O) groups is 1. The Hall–Kier alpha value is -3.19. The first kappa shape index (κ1) is 18.6. The summed E-state index contributed by atoms with van der Waals surface area (Å²) in [6.45, 7) is 2.36. The quantitative estimate of drug-likeness (QED) is 0.522. The highest BCUT2D eigenvalue weighted by atomic mass is 32.1. The summed E-state index contributed by atoms with van der Waals surface area (Å²) in [5.41, 5.74) is 1.96. The van der Waals surface area contributed by atoms with Gasteiger partial charge in [-0.25, -0.2) is 4.79 Å². The summed E-state index contributed by atoms with van der Waals surface area (Å²) in [5, 5.41) is 10.3. The van der Waals surface area contributed by atoms with Crippen LogP contribution in [0.2, 0.25) is 0 Å². The maximum absolute atomic E-state index is 12.2. The molecule has 0 radical (unpaired) electrons. The molecule has 0 aliphatic rings. The molecule has 6 nitrogen and oxygen atoms in total. The topological polar surface area (TPSA) is 80.9 Å². The molecule has 27 heavy (non-hydrogen) atoms. The second-order valence-corrected chi connectivity index (χ2v) is 6.65. The Morgan fingerprint density at radius 3 is 2.56 bits per heavy atom. The summed E-state index contributed by atoms with van der Waals surface area (Å²) in [7, 11) is 0. The largest absolute Gasteiger partial charge is 0.493 e. The van der Waals surface area contributed by atoms with Gasteiger partial charge >= 0.3 is 10.8 Å². The molecule has 1 heterocycles. The summed E-state index contributed by atoms with van der Waals surface area (Å²) < 4.78 is 6.24. The minimum Gasteiger partial charge on any atom is -0.493 e. The maximum atomic E-state index is 12.2. The molecule has 0 atom stereocenters. The zero-order chi connectivity index (χ0) is 19.2. The van der Waals surface area contributed by atoms with Crippen LogP contribution >= 0.6 is 11.3 Å². The van der Waals surface area contributed by atoms with Crippen molar-refractivity contribution in [3.63, 3.8) is 0 Å². The Morgan fingerprint density at radius 1 is 1.19 bits per heavy atom. The van der Waals surface area contributed by atoms with Crippen LogP contribution in [-0.2, 0) is 11.3 Å². The van der Waals surface area contributed by atoms with Gasteiger partial charge in [0.25, 0.3) is 0 Å². The maximum Gasteiger partial charge on any atom is 0.338 e. The normalized spacial score (nSPS) is 11.0. The van der Waals surface area contributed by atoms with Crippen LogP contribution in [0.15, 0.2) is 64.4 Å². The van der Waals surface area contributed by atoms with E-state index in [1.54, 1.807) is 31.2 Å². The van der Waals surface area contributed by atoms with Gasteiger partial charge in [-0.3, -0.25) is 14.4 Å². The van der Waals surface area contributed by atoms with Crippen molar-refractivity contribution in [3.8, 4) is 5.88 Å². The molecule has 0 saturated heterocycles. The number of aromatic nitrogens is 1. The zero-order valence-corrected chi connectivity index (χ0v) is 15.5. The Balaban J connectivity index is 1.77. The minimum atomic E-state index is -0.387. The summed E-state index contributed by atoms with van der Waals surface area (Å²) in [4.78, 5) is 28.2. The lowest BCUT2D eigenvalue weighted by molar-refractivity contribution is 0.0526. The molecule has 0 fully saturated rings. The summed E-state index contributed by atoms with van der Waals surface area (Å²) in [6.07, 6.45) is 1.45. The number of aliphatic imine (C=N–C) groups is 1. The van der Waals surface area contributed by atoms with Crippen LogP contribution in [-0.4, -0.2) is 28.5 Å². The van der Waals surface area contributed by atoms with Crippen LogP contribution in [0.1, 0.15) is 27.7 Å². The van der Waals surface area contributed by atoms with Gasteiger partial charge in [0.2, 0.25) is 5.88 Å². The van der Waals surface area contributed by atoms with Crippen molar-refractivity contribution in [1.82, 2.24) is 4.57 Å². The molecule has 0 unspecified atom stereocenters. The van der Waals surface area contributed by atoms with Gasteiger partial charge in [-0.15, -0.1) is 0 Å². The predicted molar refractivity (Wildman–Crippen MR) is 105 cm³/mol. The number of hydrogen-bond acceptors (Lipinski definition) is 6. The van der Waals surface area contributed by atoms with Gasteiger partial charge in [-0.2, -0.15) is 0 Å². The molecule has 2 aromatic carbocycles. The van der Waals surface area contributed by atoms with E-state index in [0.717, 1.165) is 16.9 Å². The number of rotatable bonds is 6. The molecule has 0 amide bonds. The number of ether oxygens (including phenoxy) is 1. The van der Waals surface area contributed by atoms with Gasteiger partial charge in [-0.05, 0) is 36.8 Å². The molecule has 1 N–H and O–H groups in total. The van der Waals surface area contributed by atoms with E-state index in [0.29, 0.717) is 29.3 Å². The number of benzene rings is 2. The molecule has 0 spiro atoms. The molecule has 138 valence electrons. The van der Waals surface area contributed by atoms with Gasteiger partial charge in [0, 0.05) is 0 Å². The third-order valence-corrected chi connectivity index (χ3v) is 4.69. The van der Waals surface area contributed by atoms with Crippen LogP contribution in [0.3, 0.4) is 0 Å². The lowest BCUT2D eigenvalue weighted by Crippen LogP contribution is -2.13. The first-order valence-electron chi connectivity index (χ1n) is 8.36. The number of hydrogen-bond donors (Lipinski definition) is 1. The van der Waals surface area contributed by atoms with Crippen LogP contribution in [0.4, 0.5) is 5.69 Å². The van der Waals surface area contributed by atoms with Crippen LogP contribution in [0.5, 0.6) is 5.88 Å². The Morgan fingerprint density at radius 2 is 1.89 bits per heavy atom. The Labute approximate surface area is 160 Å². The number of esters is 1. The van der Waals surface area contributed by atoms with Crippen molar-refractivity contribution in [3.05, 3.63) is 80.3 Å². The fraction of sp³-hybridized carbons (Fsp3) is 0.150. The molecular weight excluding hydrogens is 364 g/mol. The number of carbonyl (C=O) groups excluding carboxylic acids is 1. The second-order valence-electron chi connectivity index (χ2n) is 5.65. The van der Waals surface area contributed by atoms with Crippen molar-refractivity contribution in [2.45, 2.75) is 13.5 Å². The lowest BCUT2D eigenvalue weighted by atomic mass is 10.2. The predicted octanol–water partition coefficient (Wildman–Crippen LogP) is 3.59. The Bertz CT molecular complexity index is 1000. The molecule has 0 aliphatic heterocycles. The van der Waals surface area contributed by atoms with E-state index < -0.39 is 0 Å². The smallest absolute Gasteiger partial charge is 0.338 e. The standard InChI is InChI=1S/C20H18N2O4S/c1-2-26-19(24)15-8-10-16(11-9-15)21-12-17-18(23)22(20(25)27-17)13-14-6-4-3-5-7-14/h3-12,23H,2,13H2,1H3. The summed E-state index contributed by atoms with van der Waals surface area (Å²) in [5.74, 6) is -0.498. The SMILES string of the molecule is CCOC(=O)c1ccc(N=Cc2sc(=O)n(Cc3ccccc3)c2O)cc1. The fourth-order valence-electron chi connectivity index (χ4n) is 2.43. The molecule has 0 aliphatic carbocycles. The van der Waals surface area contributed by atoms with Crippen molar-refractivity contribution in [1.29, 1.82) is 0 Å². The van der Waals surface area contributed by atoms with Crippen molar-refractivity contribution in [2.24, 2.45) is 4.99 Å². The van der Waals surface area contributed by atoms with Gasteiger partial charge in [0.1, 0.15) is 4.88 Å². The van der Waals surface area contributed by atoms with Crippen LogP contribution < -0.4 is 4.87 Å². The number of aromatic hydroxyl groups is 1. The molecular formula is C20H18N2O4S. The van der Waals surface area contributed by atoms with Crippen LogP contribution in [0, 0.1) is 0 Å². The molecule has 7 heteroatoms. The van der Waals surface area contributed by atoms with Crippen LogP contribution in [0.25, 0.3) is 0 Å². The second kappa shape index (κ2) is 8.46. The van der Waals surface area contributed by atoms with E-state index in [-0.39, 0.29) is 16.7 Å². The van der Waals surface area contributed by atoms with E-state index in [2.05, 4.69) is 4.99 Å².